The fourth-order valence-electron chi connectivity index (χ4n) is 2.56. The lowest BCUT2D eigenvalue weighted by atomic mass is 10.1. The number of hydrogen-bond acceptors (Lipinski definition) is 5. The maximum atomic E-state index is 12.7. The summed E-state index contributed by atoms with van der Waals surface area (Å²) in [5, 5.41) is 3.15. The second kappa shape index (κ2) is 8.05. The number of nitrogens with zero attached hydrogens (tertiary/aromatic N) is 2. The Morgan fingerprint density at radius 1 is 1.07 bits per heavy atom. The van der Waals surface area contributed by atoms with E-state index in [0.717, 1.165) is 5.56 Å². The van der Waals surface area contributed by atoms with Crippen molar-refractivity contribution < 1.29 is 14.3 Å². The van der Waals surface area contributed by atoms with E-state index in [1.807, 2.05) is 30.3 Å². The van der Waals surface area contributed by atoms with Gasteiger partial charge in [-0.2, -0.15) is 0 Å². The van der Waals surface area contributed by atoms with Crippen molar-refractivity contribution in [3.05, 3.63) is 64.9 Å². The lowest BCUT2D eigenvalue weighted by Crippen LogP contribution is -2.15. The van der Waals surface area contributed by atoms with Gasteiger partial charge in [0.25, 0.3) is 5.91 Å². The number of halogens is 1. The molecule has 0 bridgehead atoms. The van der Waals surface area contributed by atoms with Gasteiger partial charge in [-0.15, -0.1) is 0 Å². The standard InChI is InChI=1S/C20H18ClN3O3/c1-12-14(11-22-19(23-12)13-7-5-4-6-8-13)20(25)24-16-9-15(21)17(26-2)10-18(16)27-3/h4-11H,1-3H3,(H,24,25). The van der Waals surface area contributed by atoms with E-state index >= 15 is 0 Å². The molecule has 1 heterocycles. The number of anilines is 1. The molecule has 1 amide bonds. The Hall–Kier alpha value is -3.12. The highest BCUT2D eigenvalue weighted by Crippen LogP contribution is 2.36. The smallest absolute Gasteiger partial charge is 0.259 e. The van der Waals surface area contributed by atoms with Crippen molar-refractivity contribution in [2.45, 2.75) is 6.92 Å². The molecular formula is C20H18ClN3O3. The summed E-state index contributed by atoms with van der Waals surface area (Å²) < 4.78 is 10.5. The van der Waals surface area contributed by atoms with Crippen molar-refractivity contribution in [3.63, 3.8) is 0 Å². The van der Waals surface area contributed by atoms with Crippen LogP contribution in [-0.4, -0.2) is 30.1 Å². The average molecular weight is 384 g/mol. The van der Waals surface area contributed by atoms with E-state index < -0.39 is 0 Å². The number of ether oxygens (including phenoxy) is 2. The molecule has 138 valence electrons. The molecule has 0 spiro atoms. The van der Waals surface area contributed by atoms with Gasteiger partial charge in [0.05, 0.1) is 36.2 Å². The lowest BCUT2D eigenvalue weighted by molar-refractivity contribution is 0.102. The summed E-state index contributed by atoms with van der Waals surface area (Å²) in [5.41, 5.74) is 2.25. The molecule has 0 saturated carbocycles. The van der Waals surface area contributed by atoms with Gasteiger partial charge in [-0.3, -0.25) is 4.79 Å². The molecule has 27 heavy (non-hydrogen) atoms. The van der Waals surface area contributed by atoms with Gasteiger partial charge in [-0.05, 0) is 13.0 Å². The van der Waals surface area contributed by atoms with Gasteiger partial charge < -0.3 is 14.8 Å². The van der Waals surface area contributed by atoms with E-state index in [1.54, 1.807) is 19.1 Å². The minimum absolute atomic E-state index is 0.355. The molecule has 0 saturated heterocycles. The van der Waals surface area contributed by atoms with Crippen LogP contribution in [0.2, 0.25) is 5.02 Å². The zero-order valence-electron chi connectivity index (χ0n) is 15.1. The van der Waals surface area contributed by atoms with Crippen LogP contribution in [0.15, 0.2) is 48.7 Å². The topological polar surface area (TPSA) is 73.3 Å². The SMILES string of the molecule is COc1cc(OC)c(NC(=O)c2cnc(-c3ccccc3)nc2C)cc1Cl. The van der Waals surface area contributed by atoms with Crippen LogP contribution in [0.1, 0.15) is 16.1 Å². The van der Waals surface area contributed by atoms with Crippen LogP contribution < -0.4 is 14.8 Å². The Labute approximate surface area is 162 Å². The number of aryl methyl sites for hydroxylation is 1. The maximum Gasteiger partial charge on any atom is 0.259 e. The van der Waals surface area contributed by atoms with Gasteiger partial charge in [0.1, 0.15) is 11.5 Å². The third kappa shape index (κ3) is 4.01. The molecule has 0 aliphatic rings. The molecule has 2 aromatic carbocycles. The van der Waals surface area contributed by atoms with E-state index in [0.29, 0.717) is 39.3 Å². The highest BCUT2D eigenvalue weighted by molar-refractivity contribution is 6.32. The van der Waals surface area contributed by atoms with Crippen LogP contribution >= 0.6 is 11.6 Å². The number of methoxy groups -OCH3 is 2. The van der Waals surface area contributed by atoms with Crippen molar-refractivity contribution in [2.75, 3.05) is 19.5 Å². The molecule has 0 atom stereocenters. The van der Waals surface area contributed by atoms with Crippen molar-refractivity contribution >= 4 is 23.2 Å². The Kier molecular flexibility index (Phi) is 5.57. The number of amides is 1. The molecule has 0 fully saturated rings. The Balaban J connectivity index is 1.88. The van der Waals surface area contributed by atoms with Crippen LogP contribution in [0.4, 0.5) is 5.69 Å². The van der Waals surface area contributed by atoms with Crippen LogP contribution in [0.3, 0.4) is 0 Å². The third-order valence-electron chi connectivity index (χ3n) is 3.98. The predicted octanol–water partition coefficient (Wildman–Crippen LogP) is 4.37. The summed E-state index contributed by atoms with van der Waals surface area (Å²) in [5.74, 6) is 1.10. The molecule has 1 aromatic heterocycles. The zero-order chi connectivity index (χ0) is 19.4. The number of carbonyl (C=O) groups excluding carboxylic acids is 1. The molecule has 7 heteroatoms. The number of hydrogen-bond donors (Lipinski definition) is 1. The fraction of sp³-hybridized carbons (Fsp3) is 0.150. The summed E-state index contributed by atoms with van der Waals surface area (Å²) >= 11 is 6.15. The molecule has 3 aromatic rings. The molecule has 0 radical (unpaired) electrons. The lowest BCUT2D eigenvalue weighted by Gasteiger charge is -2.14. The number of rotatable bonds is 5. The van der Waals surface area contributed by atoms with Crippen molar-refractivity contribution in [1.29, 1.82) is 0 Å². The van der Waals surface area contributed by atoms with E-state index in [2.05, 4.69) is 15.3 Å². The first kappa shape index (κ1) is 18.7. The normalized spacial score (nSPS) is 10.4. The first-order chi connectivity index (χ1) is 13.0. The first-order valence-electron chi connectivity index (χ1n) is 8.15. The molecule has 0 unspecified atom stereocenters. The van der Waals surface area contributed by atoms with E-state index in [1.165, 1.54) is 20.4 Å². The Morgan fingerprint density at radius 3 is 2.41 bits per heavy atom. The third-order valence-corrected chi connectivity index (χ3v) is 4.27. The number of nitrogens with one attached hydrogen (secondary N) is 1. The Morgan fingerprint density at radius 2 is 1.78 bits per heavy atom. The first-order valence-corrected chi connectivity index (χ1v) is 8.53. The monoisotopic (exact) mass is 383 g/mol. The Bertz CT molecular complexity index is 978. The number of benzene rings is 2. The van der Waals surface area contributed by atoms with Gasteiger partial charge in [0.2, 0.25) is 0 Å². The highest BCUT2D eigenvalue weighted by atomic mass is 35.5. The van der Waals surface area contributed by atoms with E-state index in [-0.39, 0.29) is 5.91 Å². The van der Waals surface area contributed by atoms with Crippen molar-refractivity contribution in [1.82, 2.24) is 9.97 Å². The predicted molar refractivity (Wildman–Crippen MR) is 105 cm³/mol. The van der Waals surface area contributed by atoms with E-state index in [4.69, 9.17) is 21.1 Å². The summed E-state index contributed by atoms with van der Waals surface area (Å²) in [4.78, 5) is 21.5. The molecule has 0 aliphatic heterocycles. The van der Waals surface area contributed by atoms with Gasteiger partial charge in [-0.25, -0.2) is 9.97 Å². The molecular weight excluding hydrogens is 366 g/mol. The quantitative estimate of drug-likeness (QED) is 0.708. The van der Waals surface area contributed by atoms with Gasteiger partial charge in [-0.1, -0.05) is 41.9 Å². The largest absolute Gasteiger partial charge is 0.495 e. The van der Waals surface area contributed by atoms with Crippen molar-refractivity contribution in [3.8, 4) is 22.9 Å². The van der Waals surface area contributed by atoms with Gasteiger partial charge >= 0.3 is 0 Å². The van der Waals surface area contributed by atoms with Crippen LogP contribution in [0.5, 0.6) is 11.5 Å². The second-order valence-electron chi connectivity index (χ2n) is 5.70. The minimum Gasteiger partial charge on any atom is -0.495 e. The molecule has 1 N–H and O–H groups in total. The van der Waals surface area contributed by atoms with Crippen LogP contribution in [0.25, 0.3) is 11.4 Å². The summed E-state index contributed by atoms with van der Waals surface area (Å²) in [7, 11) is 3.01. The molecule has 3 rings (SSSR count). The molecule has 0 aliphatic carbocycles. The van der Waals surface area contributed by atoms with Crippen molar-refractivity contribution in [2.24, 2.45) is 0 Å². The van der Waals surface area contributed by atoms with Crippen LogP contribution in [-0.2, 0) is 0 Å². The van der Waals surface area contributed by atoms with Gasteiger partial charge in [0.15, 0.2) is 5.82 Å². The number of carbonyl (C=O) groups is 1. The summed E-state index contributed by atoms with van der Waals surface area (Å²) in [6, 6.07) is 12.8. The fourth-order valence-corrected chi connectivity index (χ4v) is 2.80. The maximum absolute atomic E-state index is 12.7. The second-order valence-corrected chi connectivity index (χ2v) is 6.11. The highest BCUT2D eigenvalue weighted by Gasteiger charge is 2.16. The van der Waals surface area contributed by atoms with Crippen LogP contribution in [0, 0.1) is 6.92 Å². The summed E-state index contributed by atoms with van der Waals surface area (Å²) in [6.07, 6.45) is 1.51. The zero-order valence-corrected chi connectivity index (χ0v) is 15.9. The average Bonchev–Trinajstić information content (AvgIpc) is 2.68. The minimum atomic E-state index is -0.355. The van der Waals surface area contributed by atoms with E-state index in [9.17, 15) is 4.79 Å². The number of aromatic nitrogens is 2. The summed E-state index contributed by atoms with van der Waals surface area (Å²) in [6.45, 7) is 1.77. The molecule has 6 nitrogen and oxygen atoms in total. The van der Waals surface area contributed by atoms with Gasteiger partial charge in [0, 0.05) is 17.8 Å².